The van der Waals surface area contributed by atoms with Crippen molar-refractivity contribution in [2.75, 3.05) is 0 Å². The van der Waals surface area contributed by atoms with Crippen LogP contribution in [0.3, 0.4) is 0 Å². The second-order valence-corrected chi connectivity index (χ2v) is 6.21. The molecule has 2 rings (SSSR count). The van der Waals surface area contributed by atoms with Gasteiger partial charge in [-0.15, -0.1) is 11.3 Å². The highest BCUT2D eigenvalue weighted by Crippen LogP contribution is 2.29. The first-order chi connectivity index (χ1) is 9.15. The molecule has 0 saturated heterocycles. The Morgan fingerprint density at radius 3 is 2.74 bits per heavy atom. The van der Waals surface area contributed by atoms with E-state index in [1.54, 1.807) is 11.3 Å². The lowest BCUT2D eigenvalue weighted by Gasteiger charge is -2.13. The van der Waals surface area contributed by atoms with Gasteiger partial charge < -0.3 is 5.32 Å². The van der Waals surface area contributed by atoms with Gasteiger partial charge in [0.05, 0.1) is 5.69 Å². The molecule has 0 aliphatic carbocycles. The molecule has 19 heavy (non-hydrogen) atoms. The first-order valence-electron chi connectivity index (χ1n) is 6.46. The third kappa shape index (κ3) is 3.22. The van der Waals surface area contributed by atoms with Gasteiger partial charge >= 0.3 is 0 Å². The molecule has 0 aliphatic heterocycles. The summed E-state index contributed by atoms with van der Waals surface area (Å²) in [5.41, 5.74) is 1.91. The Hall–Kier alpha value is -1.20. The second-order valence-electron chi connectivity index (χ2n) is 4.43. The van der Waals surface area contributed by atoms with E-state index in [1.165, 1.54) is 11.3 Å². The number of nitrogens with one attached hydrogen (secondary N) is 1. The van der Waals surface area contributed by atoms with Crippen LogP contribution in [0.15, 0.2) is 16.8 Å². The molecule has 3 nitrogen and oxygen atoms in total. The molecular formula is C14H18N2OS2. The molecule has 0 bridgehead atoms. The Kier molecular flexibility index (Phi) is 4.71. The van der Waals surface area contributed by atoms with Crippen LogP contribution in [0.25, 0.3) is 10.6 Å². The van der Waals surface area contributed by atoms with E-state index in [1.807, 2.05) is 18.4 Å². The lowest BCUT2D eigenvalue weighted by atomic mass is 10.1. The smallest absolute Gasteiger partial charge is 0.263 e. The minimum atomic E-state index is 0.00480. The minimum Gasteiger partial charge on any atom is -0.349 e. The van der Waals surface area contributed by atoms with E-state index < -0.39 is 0 Å². The molecule has 1 amide bonds. The molecule has 102 valence electrons. The number of rotatable bonds is 5. The van der Waals surface area contributed by atoms with E-state index in [-0.39, 0.29) is 11.9 Å². The van der Waals surface area contributed by atoms with Crippen LogP contribution in [-0.2, 0) is 0 Å². The Morgan fingerprint density at radius 1 is 1.42 bits per heavy atom. The minimum absolute atomic E-state index is 0.00480. The normalized spacial score (nSPS) is 10.9. The van der Waals surface area contributed by atoms with Crippen molar-refractivity contribution in [3.63, 3.8) is 0 Å². The number of hydrogen-bond acceptors (Lipinski definition) is 4. The van der Waals surface area contributed by atoms with Gasteiger partial charge in [0.15, 0.2) is 0 Å². The first kappa shape index (κ1) is 14.2. The highest BCUT2D eigenvalue weighted by atomic mass is 32.1. The maximum absolute atomic E-state index is 12.2. The number of carbonyl (C=O) groups is 1. The van der Waals surface area contributed by atoms with Gasteiger partial charge in [0.2, 0.25) is 0 Å². The van der Waals surface area contributed by atoms with Crippen LogP contribution in [0.1, 0.15) is 42.1 Å². The first-order valence-corrected chi connectivity index (χ1v) is 8.22. The van der Waals surface area contributed by atoms with E-state index in [0.29, 0.717) is 0 Å². The lowest BCUT2D eigenvalue weighted by molar-refractivity contribution is 0.0938. The average molecular weight is 294 g/mol. The van der Waals surface area contributed by atoms with Gasteiger partial charge in [0.1, 0.15) is 9.88 Å². The molecule has 0 spiro atoms. The van der Waals surface area contributed by atoms with Crippen molar-refractivity contribution in [1.29, 1.82) is 0 Å². The number of nitrogens with zero attached hydrogens (tertiary/aromatic N) is 1. The Bertz CT molecular complexity index is 542. The molecular weight excluding hydrogens is 276 g/mol. The van der Waals surface area contributed by atoms with E-state index in [0.717, 1.165) is 34.0 Å². The summed E-state index contributed by atoms with van der Waals surface area (Å²) >= 11 is 3.11. The molecule has 0 unspecified atom stereocenters. The van der Waals surface area contributed by atoms with Crippen molar-refractivity contribution < 1.29 is 4.79 Å². The molecule has 2 aromatic heterocycles. The number of carbonyl (C=O) groups excluding carboxylic acids is 1. The molecule has 0 radical (unpaired) electrons. The van der Waals surface area contributed by atoms with Crippen molar-refractivity contribution in [3.8, 4) is 10.6 Å². The van der Waals surface area contributed by atoms with Crippen LogP contribution < -0.4 is 5.32 Å². The van der Waals surface area contributed by atoms with Gasteiger partial charge in [0, 0.05) is 17.0 Å². The fraction of sp³-hybridized carbons (Fsp3) is 0.429. The predicted molar refractivity (Wildman–Crippen MR) is 82.0 cm³/mol. The molecule has 0 saturated carbocycles. The number of amides is 1. The number of thiophene rings is 1. The summed E-state index contributed by atoms with van der Waals surface area (Å²) in [6.07, 6.45) is 1.91. The molecule has 0 aliphatic rings. The SMILES string of the molecule is CCC(CC)NC(=O)c1sc(-c2ccsc2)nc1C. The van der Waals surface area contributed by atoms with E-state index in [9.17, 15) is 4.79 Å². The van der Waals surface area contributed by atoms with Crippen molar-refractivity contribution in [3.05, 3.63) is 27.4 Å². The monoisotopic (exact) mass is 294 g/mol. The molecule has 0 atom stereocenters. The van der Waals surface area contributed by atoms with E-state index in [4.69, 9.17) is 0 Å². The fourth-order valence-electron chi connectivity index (χ4n) is 1.86. The van der Waals surface area contributed by atoms with Crippen molar-refractivity contribution in [2.45, 2.75) is 39.7 Å². The summed E-state index contributed by atoms with van der Waals surface area (Å²) in [5.74, 6) is 0.00480. The van der Waals surface area contributed by atoms with Gasteiger partial charge in [-0.1, -0.05) is 13.8 Å². The quantitative estimate of drug-likeness (QED) is 0.902. The van der Waals surface area contributed by atoms with Crippen molar-refractivity contribution >= 4 is 28.6 Å². The lowest BCUT2D eigenvalue weighted by Crippen LogP contribution is -2.33. The Morgan fingerprint density at radius 2 is 2.16 bits per heavy atom. The summed E-state index contributed by atoms with van der Waals surface area (Å²) in [4.78, 5) is 17.5. The molecule has 2 aromatic rings. The second kappa shape index (κ2) is 6.30. The van der Waals surface area contributed by atoms with Gasteiger partial charge in [-0.25, -0.2) is 4.98 Å². The Balaban J connectivity index is 2.19. The summed E-state index contributed by atoms with van der Waals surface area (Å²) in [7, 11) is 0. The van der Waals surface area contributed by atoms with Crippen LogP contribution >= 0.6 is 22.7 Å². The maximum atomic E-state index is 12.2. The van der Waals surface area contributed by atoms with Crippen LogP contribution in [0, 0.1) is 6.92 Å². The summed E-state index contributed by atoms with van der Waals surface area (Å²) < 4.78 is 0. The van der Waals surface area contributed by atoms with Crippen LogP contribution in [-0.4, -0.2) is 16.9 Å². The highest BCUT2D eigenvalue weighted by Gasteiger charge is 2.18. The van der Waals surface area contributed by atoms with Crippen LogP contribution in [0.5, 0.6) is 0 Å². The topological polar surface area (TPSA) is 42.0 Å². The average Bonchev–Trinajstić information content (AvgIpc) is 3.04. The number of hydrogen-bond donors (Lipinski definition) is 1. The van der Waals surface area contributed by atoms with Gasteiger partial charge in [-0.2, -0.15) is 11.3 Å². The summed E-state index contributed by atoms with van der Waals surface area (Å²) in [6.45, 7) is 6.07. The van der Waals surface area contributed by atoms with E-state index >= 15 is 0 Å². The third-order valence-corrected chi connectivity index (χ3v) is 4.98. The standard InChI is InChI=1S/C14H18N2OS2/c1-4-11(5-2)16-13(17)12-9(3)15-14(19-12)10-6-7-18-8-10/h6-8,11H,4-5H2,1-3H3,(H,16,17). The third-order valence-electron chi connectivity index (χ3n) is 3.09. The predicted octanol–water partition coefficient (Wildman–Crippen LogP) is 4.10. The number of thiazole rings is 1. The zero-order chi connectivity index (χ0) is 13.8. The van der Waals surface area contributed by atoms with Crippen LogP contribution in [0.4, 0.5) is 0 Å². The molecule has 5 heteroatoms. The zero-order valence-electron chi connectivity index (χ0n) is 11.4. The van der Waals surface area contributed by atoms with Gasteiger partial charge in [-0.05, 0) is 31.2 Å². The molecule has 0 aromatic carbocycles. The van der Waals surface area contributed by atoms with Gasteiger partial charge in [-0.3, -0.25) is 4.79 Å². The largest absolute Gasteiger partial charge is 0.349 e. The molecule has 1 N–H and O–H groups in total. The molecule has 2 heterocycles. The highest BCUT2D eigenvalue weighted by molar-refractivity contribution is 7.17. The maximum Gasteiger partial charge on any atom is 0.263 e. The fourth-order valence-corrected chi connectivity index (χ4v) is 3.54. The van der Waals surface area contributed by atoms with Crippen molar-refractivity contribution in [1.82, 2.24) is 10.3 Å². The summed E-state index contributed by atoms with van der Waals surface area (Å²) in [5, 5.41) is 8.07. The van der Waals surface area contributed by atoms with Gasteiger partial charge in [0.25, 0.3) is 5.91 Å². The number of aromatic nitrogens is 1. The van der Waals surface area contributed by atoms with E-state index in [2.05, 4.69) is 29.5 Å². The number of aryl methyl sites for hydroxylation is 1. The van der Waals surface area contributed by atoms with Crippen LogP contribution in [0.2, 0.25) is 0 Å². The Labute approximate surface area is 121 Å². The summed E-state index contributed by atoms with van der Waals surface area (Å²) in [6, 6.07) is 2.28. The molecule has 0 fully saturated rings. The van der Waals surface area contributed by atoms with Crippen molar-refractivity contribution in [2.24, 2.45) is 0 Å². The zero-order valence-corrected chi connectivity index (χ0v) is 13.0.